The van der Waals surface area contributed by atoms with E-state index in [1.54, 1.807) is 0 Å². The fraction of sp³-hybridized carbons (Fsp3) is 0. The zero-order valence-electron chi connectivity index (χ0n) is 26.0. The molecular formula is C43H24N6. The molecule has 4 aromatic heterocycles. The smallest absolute Gasteiger partial charge is 0.188 e. The van der Waals surface area contributed by atoms with Crippen molar-refractivity contribution in [2.24, 2.45) is 0 Å². The summed E-state index contributed by atoms with van der Waals surface area (Å²) >= 11 is 0. The van der Waals surface area contributed by atoms with Crippen LogP contribution in [0.1, 0.15) is 5.56 Å². The summed E-state index contributed by atoms with van der Waals surface area (Å²) in [4.78, 5) is 9.17. The van der Waals surface area contributed by atoms with Gasteiger partial charge in [-0.2, -0.15) is 5.26 Å². The van der Waals surface area contributed by atoms with E-state index in [1.807, 2.05) is 72.8 Å². The molecular weight excluding hydrogens is 601 g/mol. The fourth-order valence-electron chi connectivity index (χ4n) is 7.66. The van der Waals surface area contributed by atoms with Gasteiger partial charge in [0.05, 0.1) is 51.3 Å². The summed E-state index contributed by atoms with van der Waals surface area (Å²) in [5.74, 6) is 1.55. The minimum absolute atomic E-state index is 0.592. The van der Waals surface area contributed by atoms with Crippen molar-refractivity contribution in [1.29, 1.82) is 5.26 Å². The number of nitriles is 1. The Morgan fingerprint density at radius 1 is 0.510 bits per heavy atom. The first-order chi connectivity index (χ1) is 24.2. The lowest BCUT2D eigenvalue weighted by Crippen LogP contribution is -2.03. The molecule has 0 radical (unpaired) electrons. The topological polar surface area (TPSA) is 55.8 Å². The second-order valence-electron chi connectivity index (χ2n) is 12.2. The second-order valence-corrected chi connectivity index (χ2v) is 12.2. The standard InChI is InChI=1S/C43H24N6/c1-45-28-19-22-38-34(25-28)42-39(23-20-32-30-12-5-7-14-35(30)47(43(32)42)29-10-3-2-4-11-29)49(38)41-17-9-16-40(46-41)48-36-15-8-6-13-31(36)33-24-27(26-44)18-21-37(33)48/h2-25H. The first-order valence-corrected chi connectivity index (χ1v) is 16.1. The molecule has 6 nitrogen and oxygen atoms in total. The largest absolute Gasteiger partial charge is 0.309 e. The van der Waals surface area contributed by atoms with E-state index in [4.69, 9.17) is 11.6 Å². The summed E-state index contributed by atoms with van der Waals surface area (Å²) in [7, 11) is 0. The molecule has 4 heterocycles. The molecule has 10 aromatic rings. The summed E-state index contributed by atoms with van der Waals surface area (Å²) in [6.45, 7) is 7.87. The van der Waals surface area contributed by atoms with Crippen molar-refractivity contribution in [2.45, 2.75) is 0 Å². The Bertz CT molecular complexity index is 3070. The van der Waals surface area contributed by atoms with Crippen molar-refractivity contribution in [3.05, 3.63) is 163 Å². The summed E-state index contributed by atoms with van der Waals surface area (Å²) in [5.41, 5.74) is 8.52. The summed E-state index contributed by atoms with van der Waals surface area (Å²) in [5, 5.41) is 16.1. The van der Waals surface area contributed by atoms with Gasteiger partial charge < -0.3 is 4.57 Å². The number of hydrogen-bond acceptors (Lipinski definition) is 2. The van der Waals surface area contributed by atoms with Crippen molar-refractivity contribution >= 4 is 71.1 Å². The van der Waals surface area contributed by atoms with E-state index >= 15 is 0 Å². The Hall–Kier alpha value is -7.15. The van der Waals surface area contributed by atoms with Crippen molar-refractivity contribution < 1.29 is 0 Å². The molecule has 0 unspecified atom stereocenters. The molecule has 0 aliphatic rings. The number of benzene rings is 6. The van der Waals surface area contributed by atoms with Crippen LogP contribution in [0.25, 0.3) is 87.6 Å². The van der Waals surface area contributed by atoms with Gasteiger partial charge >= 0.3 is 0 Å². The highest BCUT2D eigenvalue weighted by atomic mass is 15.1. The van der Waals surface area contributed by atoms with Crippen LogP contribution in [0.4, 0.5) is 5.69 Å². The number of rotatable bonds is 3. The normalized spacial score (nSPS) is 11.6. The number of hydrogen-bond donors (Lipinski definition) is 0. The molecule has 6 heteroatoms. The molecule has 0 saturated heterocycles. The van der Waals surface area contributed by atoms with Gasteiger partial charge in [0.2, 0.25) is 0 Å². The number of pyridine rings is 1. The van der Waals surface area contributed by atoms with Gasteiger partial charge in [0.1, 0.15) is 11.6 Å². The van der Waals surface area contributed by atoms with Gasteiger partial charge in [-0.25, -0.2) is 9.83 Å². The van der Waals surface area contributed by atoms with E-state index < -0.39 is 0 Å². The van der Waals surface area contributed by atoms with Crippen molar-refractivity contribution in [2.75, 3.05) is 0 Å². The third kappa shape index (κ3) is 3.77. The van der Waals surface area contributed by atoms with Gasteiger partial charge in [0, 0.05) is 32.6 Å². The Morgan fingerprint density at radius 3 is 1.88 bits per heavy atom. The third-order valence-corrected chi connectivity index (χ3v) is 9.67. The number of aromatic nitrogens is 4. The number of nitrogens with zero attached hydrogens (tertiary/aromatic N) is 6. The Balaban J connectivity index is 1.32. The van der Waals surface area contributed by atoms with E-state index in [1.165, 1.54) is 5.39 Å². The van der Waals surface area contributed by atoms with Gasteiger partial charge in [-0.15, -0.1) is 0 Å². The van der Waals surface area contributed by atoms with Gasteiger partial charge in [-0.3, -0.25) is 9.13 Å². The molecule has 0 saturated carbocycles. The average molecular weight is 625 g/mol. The molecule has 6 aromatic carbocycles. The van der Waals surface area contributed by atoms with E-state index in [9.17, 15) is 5.26 Å². The van der Waals surface area contributed by atoms with Crippen LogP contribution in [-0.4, -0.2) is 18.7 Å². The lowest BCUT2D eigenvalue weighted by molar-refractivity contribution is 1.01. The van der Waals surface area contributed by atoms with E-state index in [0.717, 1.165) is 77.4 Å². The van der Waals surface area contributed by atoms with Crippen molar-refractivity contribution in [1.82, 2.24) is 18.7 Å². The van der Waals surface area contributed by atoms with Crippen molar-refractivity contribution in [3.8, 4) is 23.4 Å². The lowest BCUT2D eigenvalue weighted by atomic mass is 10.1. The fourth-order valence-corrected chi connectivity index (χ4v) is 7.66. The van der Waals surface area contributed by atoms with Crippen LogP contribution in [0, 0.1) is 17.9 Å². The molecule has 0 N–H and O–H groups in total. The van der Waals surface area contributed by atoms with Gasteiger partial charge in [-0.1, -0.05) is 72.8 Å². The van der Waals surface area contributed by atoms with Crippen LogP contribution in [0.15, 0.2) is 146 Å². The van der Waals surface area contributed by atoms with Gasteiger partial charge in [-0.05, 0) is 78.2 Å². The molecule has 0 atom stereocenters. The summed E-state index contributed by atoms with van der Waals surface area (Å²) < 4.78 is 6.74. The molecule has 0 aliphatic carbocycles. The first kappa shape index (κ1) is 27.0. The predicted octanol–water partition coefficient (Wildman–Crippen LogP) is 10.8. The van der Waals surface area contributed by atoms with E-state index in [-0.39, 0.29) is 0 Å². The molecule has 0 fully saturated rings. The average Bonchev–Trinajstić information content (AvgIpc) is 3.80. The molecule has 0 spiro atoms. The van der Waals surface area contributed by atoms with Crippen LogP contribution >= 0.6 is 0 Å². The second kappa shape index (κ2) is 10.2. The number of fused-ring (bicyclic) bond motifs is 10. The van der Waals surface area contributed by atoms with Crippen LogP contribution in [-0.2, 0) is 0 Å². The zero-order chi connectivity index (χ0) is 32.6. The maximum Gasteiger partial charge on any atom is 0.188 e. The van der Waals surface area contributed by atoms with Crippen LogP contribution in [0.5, 0.6) is 0 Å². The maximum atomic E-state index is 9.64. The SMILES string of the molecule is [C-]#[N+]c1ccc2c(c1)c1c(ccc3c4ccccc4n(-c4ccccc4)c31)n2-c1cccc(-n2c3ccccc3c3cc(C#N)ccc32)n1. The predicted molar refractivity (Wildman–Crippen MR) is 198 cm³/mol. The molecule has 0 bridgehead atoms. The lowest BCUT2D eigenvalue weighted by Gasteiger charge is -2.12. The molecule has 10 rings (SSSR count). The summed E-state index contributed by atoms with van der Waals surface area (Å²) in [6.07, 6.45) is 0. The van der Waals surface area contributed by atoms with Gasteiger partial charge in [0.25, 0.3) is 0 Å². The highest BCUT2D eigenvalue weighted by molar-refractivity contribution is 6.26. The quantitative estimate of drug-likeness (QED) is 0.184. The van der Waals surface area contributed by atoms with E-state index in [0.29, 0.717) is 11.3 Å². The molecule has 49 heavy (non-hydrogen) atoms. The Labute approximate surface area is 280 Å². The number of para-hydroxylation sites is 3. The molecule has 0 amide bonds. The van der Waals surface area contributed by atoms with Crippen molar-refractivity contribution in [3.63, 3.8) is 0 Å². The highest BCUT2D eigenvalue weighted by Gasteiger charge is 2.22. The Kier molecular flexibility index (Phi) is 5.61. The first-order valence-electron chi connectivity index (χ1n) is 16.1. The van der Waals surface area contributed by atoms with Gasteiger partial charge in [0.15, 0.2) is 5.69 Å². The minimum atomic E-state index is 0.592. The van der Waals surface area contributed by atoms with Crippen LogP contribution in [0.2, 0.25) is 0 Å². The minimum Gasteiger partial charge on any atom is -0.309 e. The maximum absolute atomic E-state index is 9.64. The zero-order valence-corrected chi connectivity index (χ0v) is 26.0. The monoisotopic (exact) mass is 624 g/mol. The van der Waals surface area contributed by atoms with Crippen LogP contribution < -0.4 is 0 Å². The molecule has 0 aliphatic heterocycles. The Morgan fingerprint density at radius 2 is 1.12 bits per heavy atom. The highest BCUT2D eigenvalue weighted by Crippen LogP contribution is 2.43. The third-order valence-electron chi connectivity index (χ3n) is 9.67. The summed E-state index contributed by atoms with van der Waals surface area (Å²) in [6, 6.07) is 51.8. The molecule has 226 valence electrons. The van der Waals surface area contributed by atoms with Crippen LogP contribution in [0.3, 0.4) is 0 Å². The van der Waals surface area contributed by atoms with E-state index in [2.05, 4.69) is 97.4 Å².